The molecule has 0 saturated carbocycles. The van der Waals surface area contributed by atoms with E-state index in [1.54, 1.807) is 0 Å². The molecule has 1 aromatic heterocycles. The van der Waals surface area contributed by atoms with Crippen LogP contribution < -0.4 is 10.1 Å². The number of aryl methyl sites for hydroxylation is 2. The van der Waals surface area contributed by atoms with E-state index < -0.39 is 0 Å². The molecule has 1 unspecified atom stereocenters. The lowest BCUT2D eigenvalue weighted by Gasteiger charge is -2.26. The molecule has 0 radical (unpaired) electrons. The molecule has 3 rings (SSSR count). The number of esters is 1. The Kier molecular flexibility index (Phi) is 6.63. The molecule has 1 atom stereocenters. The van der Waals surface area contributed by atoms with E-state index in [0.717, 1.165) is 55.5 Å². The second kappa shape index (κ2) is 9.35. The van der Waals surface area contributed by atoms with Gasteiger partial charge in [-0.2, -0.15) is 0 Å². The Bertz CT molecular complexity index is 762. The number of hydrogen-bond donors (Lipinski definition) is 1. The Balaban J connectivity index is 1.46. The predicted octanol–water partition coefficient (Wildman–Crippen LogP) is 3.34. The molecule has 6 heteroatoms. The number of rotatable bonds is 8. The Morgan fingerprint density at radius 2 is 2.11 bits per heavy atom. The highest BCUT2D eigenvalue weighted by Gasteiger charge is 2.20. The molecule has 0 aliphatic carbocycles. The number of nitrogens with zero attached hydrogens (tertiary/aromatic N) is 2. The number of benzene rings is 1. The van der Waals surface area contributed by atoms with Gasteiger partial charge in [-0.3, -0.25) is 4.79 Å². The van der Waals surface area contributed by atoms with Crippen LogP contribution in [0.1, 0.15) is 42.9 Å². The molecule has 1 aliphatic rings. The lowest BCUT2D eigenvalue weighted by Crippen LogP contribution is -2.23. The van der Waals surface area contributed by atoms with Crippen molar-refractivity contribution in [3.05, 3.63) is 47.3 Å². The molecule has 6 nitrogen and oxygen atoms in total. The largest absolute Gasteiger partial charge is 0.490 e. The van der Waals surface area contributed by atoms with Crippen molar-refractivity contribution in [3.63, 3.8) is 0 Å². The minimum atomic E-state index is -0.234. The van der Waals surface area contributed by atoms with Crippen LogP contribution in [0.25, 0.3) is 0 Å². The monoisotopic (exact) mass is 369 g/mol. The van der Waals surface area contributed by atoms with E-state index in [-0.39, 0.29) is 18.5 Å². The zero-order valence-electron chi connectivity index (χ0n) is 16.0. The number of aromatic nitrogens is 2. The highest BCUT2D eigenvalue weighted by atomic mass is 16.5. The van der Waals surface area contributed by atoms with Crippen LogP contribution in [0.2, 0.25) is 0 Å². The van der Waals surface area contributed by atoms with E-state index in [1.807, 2.05) is 24.5 Å². The first-order chi connectivity index (χ1) is 13.2. The average molecular weight is 369 g/mol. The summed E-state index contributed by atoms with van der Waals surface area (Å²) >= 11 is 0. The lowest BCUT2D eigenvalue weighted by molar-refractivity contribution is -0.139. The van der Waals surface area contributed by atoms with Gasteiger partial charge in [-0.1, -0.05) is 19.1 Å². The second-order valence-electron chi connectivity index (χ2n) is 6.81. The molecule has 1 N–H and O–H groups in total. The molecule has 0 spiro atoms. The van der Waals surface area contributed by atoms with Gasteiger partial charge >= 0.3 is 5.97 Å². The Morgan fingerprint density at radius 1 is 1.30 bits per heavy atom. The van der Waals surface area contributed by atoms with Crippen molar-refractivity contribution < 1.29 is 14.3 Å². The molecule has 2 heterocycles. The predicted molar refractivity (Wildman–Crippen MR) is 104 cm³/mol. The minimum absolute atomic E-state index is 0.205. The van der Waals surface area contributed by atoms with Crippen molar-refractivity contribution in [3.8, 4) is 5.75 Å². The van der Waals surface area contributed by atoms with Crippen LogP contribution in [0.3, 0.4) is 0 Å². The number of nitrogens with one attached hydrogen (secondary N) is 1. The van der Waals surface area contributed by atoms with Crippen molar-refractivity contribution in [2.45, 2.75) is 51.6 Å². The van der Waals surface area contributed by atoms with Gasteiger partial charge in [0.15, 0.2) is 0 Å². The molecule has 0 saturated heterocycles. The summed E-state index contributed by atoms with van der Waals surface area (Å²) in [6.45, 7) is 2.91. The maximum absolute atomic E-state index is 11.5. The molecule has 2 aromatic rings. The van der Waals surface area contributed by atoms with E-state index in [0.29, 0.717) is 5.95 Å². The Labute approximate surface area is 160 Å². The van der Waals surface area contributed by atoms with Crippen molar-refractivity contribution in [2.24, 2.45) is 0 Å². The molecular formula is C21H27N3O3. The first-order valence-electron chi connectivity index (χ1n) is 9.58. The summed E-state index contributed by atoms with van der Waals surface area (Å²) in [5.74, 6) is 1.34. The molecule has 1 aromatic carbocycles. The van der Waals surface area contributed by atoms with Gasteiger partial charge in [-0.25, -0.2) is 9.97 Å². The summed E-state index contributed by atoms with van der Waals surface area (Å²) in [7, 11) is 1.41. The summed E-state index contributed by atoms with van der Waals surface area (Å²) in [5.41, 5.74) is 3.28. The number of ether oxygens (including phenoxy) is 2. The summed E-state index contributed by atoms with van der Waals surface area (Å²) in [6.07, 6.45) is 9.14. The van der Waals surface area contributed by atoms with E-state index >= 15 is 0 Å². The third-order valence-corrected chi connectivity index (χ3v) is 4.84. The fourth-order valence-corrected chi connectivity index (χ4v) is 3.18. The zero-order valence-corrected chi connectivity index (χ0v) is 16.0. The highest BCUT2D eigenvalue weighted by molar-refractivity contribution is 5.72. The van der Waals surface area contributed by atoms with Crippen LogP contribution in [-0.2, 0) is 28.8 Å². The van der Waals surface area contributed by atoms with Crippen molar-refractivity contribution >= 4 is 11.9 Å². The van der Waals surface area contributed by atoms with Gasteiger partial charge in [0.1, 0.15) is 5.75 Å². The zero-order chi connectivity index (χ0) is 19.1. The maximum Gasteiger partial charge on any atom is 0.309 e. The molecule has 1 aliphatic heterocycles. The number of hydrogen-bond acceptors (Lipinski definition) is 6. The van der Waals surface area contributed by atoms with Crippen molar-refractivity contribution in [1.82, 2.24) is 9.97 Å². The van der Waals surface area contributed by atoms with E-state index in [4.69, 9.17) is 9.47 Å². The van der Waals surface area contributed by atoms with Crippen LogP contribution in [-0.4, -0.2) is 35.7 Å². The number of carbonyl (C=O) groups excluding carboxylic acids is 1. The summed E-state index contributed by atoms with van der Waals surface area (Å²) < 4.78 is 10.9. The molecule has 27 heavy (non-hydrogen) atoms. The van der Waals surface area contributed by atoms with Gasteiger partial charge in [-0.05, 0) is 54.9 Å². The van der Waals surface area contributed by atoms with Crippen molar-refractivity contribution in [2.75, 3.05) is 19.0 Å². The fraction of sp³-hybridized carbons (Fsp3) is 0.476. The summed E-state index contributed by atoms with van der Waals surface area (Å²) in [6, 6.07) is 6.01. The van der Waals surface area contributed by atoms with E-state index in [2.05, 4.69) is 28.3 Å². The van der Waals surface area contributed by atoms with Gasteiger partial charge in [0.05, 0.1) is 19.6 Å². The quantitative estimate of drug-likeness (QED) is 0.568. The van der Waals surface area contributed by atoms with Crippen LogP contribution in [0.5, 0.6) is 5.75 Å². The van der Waals surface area contributed by atoms with Gasteiger partial charge in [0.25, 0.3) is 0 Å². The number of methoxy groups -OCH3 is 1. The maximum atomic E-state index is 11.5. The van der Waals surface area contributed by atoms with Crippen LogP contribution in [0.4, 0.5) is 5.95 Å². The molecule has 0 bridgehead atoms. The lowest BCUT2D eigenvalue weighted by atomic mass is 9.97. The fourth-order valence-electron chi connectivity index (χ4n) is 3.18. The normalized spacial score (nSPS) is 15.6. The van der Waals surface area contributed by atoms with Gasteiger partial charge in [0, 0.05) is 18.9 Å². The first-order valence-corrected chi connectivity index (χ1v) is 9.58. The van der Waals surface area contributed by atoms with E-state index in [1.165, 1.54) is 12.7 Å². The molecule has 0 amide bonds. The summed E-state index contributed by atoms with van der Waals surface area (Å²) in [5, 5.41) is 3.26. The van der Waals surface area contributed by atoms with E-state index in [9.17, 15) is 4.79 Å². The first kappa shape index (κ1) is 19.1. The second-order valence-corrected chi connectivity index (χ2v) is 6.81. The van der Waals surface area contributed by atoms with Gasteiger partial charge in [-0.15, -0.1) is 0 Å². The highest BCUT2D eigenvalue weighted by Crippen LogP contribution is 2.30. The van der Waals surface area contributed by atoms with Gasteiger partial charge in [0.2, 0.25) is 5.95 Å². The number of carbonyl (C=O) groups is 1. The standard InChI is InChI=1S/C21H27N3O3/c1-3-15-13-23-21(24-14-15)22-10-4-5-18-9-8-17-7-6-16(11-19(17)27-18)12-20(25)26-2/h6-7,11,13-14,18H,3-5,8-10,12H2,1-2H3,(H,22,23,24). The average Bonchev–Trinajstić information content (AvgIpc) is 2.71. The van der Waals surface area contributed by atoms with Crippen molar-refractivity contribution in [1.29, 1.82) is 0 Å². The molecule has 0 fully saturated rings. The third kappa shape index (κ3) is 5.42. The minimum Gasteiger partial charge on any atom is -0.490 e. The Morgan fingerprint density at radius 3 is 2.85 bits per heavy atom. The number of fused-ring (bicyclic) bond motifs is 1. The topological polar surface area (TPSA) is 73.3 Å². The molecular weight excluding hydrogens is 342 g/mol. The Hall–Kier alpha value is -2.63. The number of anilines is 1. The smallest absolute Gasteiger partial charge is 0.309 e. The SMILES string of the molecule is CCc1cnc(NCCCC2CCc3ccc(CC(=O)OC)cc3O2)nc1. The summed E-state index contributed by atoms with van der Waals surface area (Å²) in [4.78, 5) is 20.1. The van der Waals surface area contributed by atoms with Crippen LogP contribution in [0, 0.1) is 0 Å². The van der Waals surface area contributed by atoms with Crippen LogP contribution >= 0.6 is 0 Å². The van der Waals surface area contributed by atoms with Crippen LogP contribution in [0.15, 0.2) is 30.6 Å². The molecule has 144 valence electrons. The third-order valence-electron chi connectivity index (χ3n) is 4.84. The van der Waals surface area contributed by atoms with Gasteiger partial charge < -0.3 is 14.8 Å².